The zero-order valence-electron chi connectivity index (χ0n) is 49.5. The van der Waals surface area contributed by atoms with Crippen LogP contribution in [0.2, 0.25) is 0 Å². The van der Waals surface area contributed by atoms with Crippen molar-refractivity contribution in [2.75, 3.05) is 13.2 Å². The molecule has 8 unspecified atom stereocenters. The highest BCUT2D eigenvalue weighted by Gasteiger charge is 2.47. The van der Waals surface area contributed by atoms with Crippen LogP contribution in [0.1, 0.15) is 252 Å². The Labute approximate surface area is 475 Å². The van der Waals surface area contributed by atoms with Crippen molar-refractivity contribution < 1.29 is 49.3 Å². The Morgan fingerprint density at radius 1 is 0.513 bits per heavy atom. The molecular weight excluding hydrogens is 979 g/mol. The molecule has 11 heteroatoms. The van der Waals surface area contributed by atoms with Crippen LogP contribution in [0.25, 0.3) is 0 Å². The van der Waals surface area contributed by atoms with Gasteiger partial charge in [0.15, 0.2) is 12.4 Å². The van der Waals surface area contributed by atoms with Gasteiger partial charge in [0.25, 0.3) is 0 Å². The summed E-state index contributed by atoms with van der Waals surface area (Å²) in [6.07, 6.45) is 61.7. The summed E-state index contributed by atoms with van der Waals surface area (Å²) in [7, 11) is 0. The van der Waals surface area contributed by atoms with E-state index in [-0.39, 0.29) is 19.4 Å². The Morgan fingerprint density at radius 3 is 1.41 bits per heavy atom. The van der Waals surface area contributed by atoms with Gasteiger partial charge in [-0.3, -0.25) is 9.59 Å². The third-order valence-corrected chi connectivity index (χ3v) is 14.2. The third-order valence-electron chi connectivity index (χ3n) is 14.2. The second-order valence-electron chi connectivity index (χ2n) is 21.4. The maximum Gasteiger partial charge on any atom is 0.306 e. The molecule has 0 aromatic carbocycles. The van der Waals surface area contributed by atoms with Crippen molar-refractivity contribution in [2.24, 2.45) is 0 Å². The number of aliphatic hydroxyl groups is 5. The molecule has 8 atom stereocenters. The minimum atomic E-state index is -1.63. The number of rotatable bonds is 52. The van der Waals surface area contributed by atoms with Gasteiger partial charge in [-0.15, -0.1) is 0 Å². The van der Waals surface area contributed by atoms with Gasteiger partial charge >= 0.3 is 5.97 Å². The van der Waals surface area contributed by atoms with Crippen molar-refractivity contribution in [3.63, 3.8) is 0 Å². The van der Waals surface area contributed by atoms with Crippen molar-refractivity contribution >= 4 is 11.9 Å². The summed E-state index contributed by atoms with van der Waals surface area (Å²) in [6.45, 7) is 5.61. The van der Waals surface area contributed by atoms with E-state index in [1.807, 2.05) is 18.2 Å². The van der Waals surface area contributed by atoms with E-state index in [9.17, 15) is 35.1 Å². The quantitative estimate of drug-likeness (QED) is 0.0195. The fourth-order valence-corrected chi connectivity index (χ4v) is 9.24. The molecule has 1 fully saturated rings. The first kappa shape index (κ1) is 72.6. The van der Waals surface area contributed by atoms with Gasteiger partial charge in [0.05, 0.1) is 25.4 Å². The number of unbranched alkanes of at least 4 members (excludes halogenated alkanes) is 24. The summed E-state index contributed by atoms with van der Waals surface area (Å²) in [5, 5.41) is 56.9. The molecular formula is C67H115NO10. The molecule has 1 heterocycles. The molecule has 1 saturated heterocycles. The molecule has 6 N–H and O–H groups in total. The second-order valence-corrected chi connectivity index (χ2v) is 21.4. The lowest BCUT2D eigenvalue weighted by Gasteiger charge is -2.41. The Hall–Kier alpha value is -3.42. The molecule has 1 amide bonds. The van der Waals surface area contributed by atoms with Crippen molar-refractivity contribution in [1.82, 2.24) is 5.32 Å². The smallest absolute Gasteiger partial charge is 0.306 e. The van der Waals surface area contributed by atoms with E-state index in [1.54, 1.807) is 6.08 Å². The normalized spacial score (nSPS) is 19.6. The Kier molecular flexibility index (Phi) is 50.4. The Bertz CT molecular complexity index is 1630. The van der Waals surface area contributed by atoms with Gasteiger partial charge in [0, 0.05) is 6.42 Å². The van der Waals surface area contributed by atoms with Crippen LogP contribution in [0.5, 0.6) is 0 Å². The fraction of sp³-hybridized carbons (Fsp3) is 0.731. The number of carbonyl (C=O) groups is 2. The summed E-state index contributed by atoms with van der Waals surface area (Å²) in [5.41, 5.74) is 0. The van der Waals surface area contributed by atoms with E-state index in [0.717, 1.165) is 89.9 Å². The SMILES string of the molecule is CC/C=C\C/C=C\C/C=C\C/C=C\C/C=C\CCC(O)C(=O)NC(COC1OC(CO)C(O)C(O)C1OC(=O)CCCCCCCCCCCCC/C=C\C/C=C\CCCCC)C(O)/C=C/CCCCCCCCCCCC. The van der Waals surface area contributed by atoms with E-state index in [2.05, 4.69) is 99.0 Å². The van der Waals surface area contributed by atoms with Crippen LogP contribution >= 0.6 is 0 Å². The highest BCUT2D eigenvalue weighted by molar-refractivity contribution is 5.80. The van der Waals surface area contributed by atoms with Crippen LogP contribution < -0.4 is 5.32 Å². The van der Waals surface area contributed by atoms with Gasteiger partial charge < -0.3 is 45.1 Å². The predicted molar refractivity (Wildman–Crippen MR) is 324 cm³/mol. The van der Waals surface area contributed by atoms with Crippen LogP contribution in [-0.2, 0) is 23.8 Å². The van der Waals surface area contributed by atoms with Gasteiger partial charge in [-0.2, -0.15) is 0 Å². The fourth-order valence-electron chi connectivity index (χ4n) is 9.24. The molecule has 1 rings (SSSR count). The van der Waals surface area contributed by atoms with Crippen molar-refractivity contribution in [3.05, 3.63) is 97.2 Å². The molecule has 11 nitrogen and oxygen atoms in total. The first-order chi connectivity index (χ1) is 38.2. The average Bonchev–Trinajstić information content (AvgIpc) is 3.44. The molecule has 78 heavy (non-hydrogen) atoms. The molecule has 0 aliphatic carbocycles. The number of nitrogens with one attached hydrogen (secondary N) is 1. The first-order valence-corrected chi connectivity index (χ1v) is 31.5. The number of allylic oxidation sites excluding steroid dienone is 15. The molecule has 0 aromatic heterocycles. The number of amides is 1. The van der Waals surface area contributed by atoms with Gasteiger partial charge in [-0.25, -0.2) is 0 Å². The molecule has 1 aliphatic heterocycles. The summed E-state index contributed by atoms with van der Waals surface area (Å²) in [4.78, 5) is 26.5. The van der Waals surface area contributed by atoms with Crippen LogP contribution in [0.4, 0.5) is 0 Å². The predicted octanol–water partition coefficient (Wildman–Crippen LogP) is 15.1. The molecule has 448 valence electrons. The van der Waals surface area contributed by atoms with Gasteiger partial charge in [0.2, 0.25) is 5.91 Å². The average molecular weight is 1090 g/mol. The second kappa shape index (κ2) is 54.2. The minimum absolute atomic E-state index is 0.110. The minimum Gasteiger partial charge on any atom is -0.454 e. The van der Waals surface area contributed by atoms with E-state index in [1.165, 1.54) is 116 Å². The maximum absolute atomic E-state index is 13.4. The van der Waals surface area contributed by atoms with Crippen molar-refractivity contribution in [3.8, 4) is 0 Å². The van der Waals surface area contributed by atoms with E-state index in [4.69, 9.17) is 14.2 Å². The van der Waals surface area contributed by atoms with Crippen LogP contribution in [0.15, 0.2) is 97.2 Å². The Balaban J connectivity index is 2.69. The third kappa shape index (κ3) is 41.6. The number of hydrogen-bond donors (Lipinski definition) is 6. The van der Waals surface area contributed by atoms with E-state index < -0.39 is 67.4 Å². The van der Waals surface area contributed by atoms with E-state index >= 15 is 0 Å². The highest BCUT2D eigenvalue weighted by atomic mass is 16.7. The monoisotopic (exact) mass is 1090 g/mol. The van der Waals surface area contributed by atoms with Crippen LogP contribution in [0.3, 0.4) is 0 Å². The van der Waals surface area contributed by atoms with Crippen molar-refractivity contribution in [2.45, 2.75) is 301 Å². The number of carbonyl (C=O) groups excluding carboxylic acids is 2. The lowest BCUT2D eigenvalue weighted by atomic mass is 9.99. The zero-order valence-corrected chi connectivity index (χ0v) is 49.5. The summed E-state index contributed by atoms with van der Waals surface area (Å²) >= 11 is 0. The molecule has 0 radical (unpaired) electrons. The summed E-state index contributed by atoms with van der Waals surface area (Å²) in [5.74, 6) is -1.26. The molecule has 0 bridgehead atoms. The largest absolute Gasteiger partial charge is 0.454 e. The molecule has 0 spiro atoms. The number of hydrogen-bond acceptors (Lipinski definition) is 10. The first-order valence-electron chi connectivity index (χ1n) is 31.5. The summed E-state index contributed by atoms with van der Waals surface area (Å²) in [6, 6.07) is -1.06. The number of aliphatic hydroxyl groups excluding tert-OH is 5. The topological polar surface area (TPSA) is 175 Å². The van der Waals surface area contributed by atoms with Crippen LogP contribution in [0, 0.1) is 0 Å². The molecule has 1 aliphatic rings. The van der Waals surface area contributed by atoms with E-state index in [0.29, 0.717) is 12.8 Å². The zero-order chi connectivity index (χ0) is 56.8. The standard InChI is InChI=1S/C67H115NO10/c1-4-7-10-13-16-19-22-25-27-29-30-31-32-33-35-37-40-43-46-49-52-55-62(72)78-65-64(74)63(73)61(56-69)77-67(65)76-57-58(59(70)53-50-47-44-41-38-24-21-18-15-12-9-6-3)68-66(75)60(71)54-51-48-45-42-39-36-34-28-26-23-20-17-14-11-8-5-2/h8,11,16-17,19-20,25-28,36,39,45,48,50,53,58-61,63-65,67,69-71,73-74H,4-7,9-10,12-15,18,21-24,29-35,37-38,40-44,46-47,49,51-52,54-57H2,1-3H3,(H,68,75)/b11-8-,19-16-,20-17-,27-25-,28-26-,39-36-,48-45-,53-50+. The molecule has 0 saturated carbocycles. The van der Waals surface area contributed by atoms with Gasteiger partial charge in [0.1, 0.15) is 24.4 Å². The van der Waals surface area contributed by atoms with Crippen LogP contribution in [-0.4, -0.2) is 99.6 Å². The highest BCUT2D eigenvalue weighted by Crippen LogP contribution is 2.26. The lowest BCUT2D eigenvalue weighted by Crippen LogP contribution is -2.61. The van der Waals surface area contributed by atoms with Gasteiger partial charge in [-0.1, -0.05) is 246 Å². The summed E-state index contributed by atoms with van der Waals surface area (Å²) < 4.78 is 17.6. The number of esters is 1. The molecule has 0 aromatic rings. The van der Waals surface area contributed by atoms with Gasteiger partial charge in [-0.05, 0) is 96.3 Å². The lowest BCUT2D eigenvalue weighted by molar-refractivity contribution is -0.305. The van der Waals surface area contributed by atoms with Crippen molar-refractivity contribution in [1.29, 1.82) is 0 Å². The number of ether oxygens (including phenoxy) is 3. The maximum atomic E-state index is 13.4. The Morgan fingerprint density at radius 2 is 0.923 bits per heavy atom.